The lowest BCUT2D eigenvalue weighted by Gasteiger charge is -2.13. The summed E-state index contributed by atoms with van der Waals surface area (Å²) in [6.45, 7) is 3.79. The Kier molecular flexibility index (Phi) is 6.66. The molecule has 0 aliphatic rings. The van der Waals surface area contributed by atoms with Crippen molar-refractivity contribution in [2.24, 2.45) is 0 Å². The standard InChI is InChI=1S/C26H17Cl2F3N4O2S/c1-13-6-15(8-16(7-13)21-19(27)9-17(10-32-21)26(29,30)31)20-23(36)34-5-3-4-14(2)22(34)35(24(20)37)12-18-11-33-25(28)38-18/h3-11H,12H2,1-2H3/p+1. The first kappa shape index (κ1) is 26.1. The van der Waals surface area contributed by atoms with E-state index in [1.54, 1.807) is 48.1 Å². The minimum atomic E-state index is -4.59. The van der Waals surface area contributed by atoms with Crippen LogP contribution < -0.4 is 10.1 Å². The normalized spacial score (nSPS) is 11.9. The number of aryl methyl sites for hydroxylation is 2. The minimum Gasteiger partial charge on any atom is -0.477 e. The molecule has 5 rings (SSSR count). The molecule has 0 bridgehead atoms. The fraction of sp³-hybridized carbons (Fsp3) is 0.154. The Morgan fingerprint density at radius 3 is 2.47 bits per heavy atom. The third-order valence-corrected chi connectivity index (χ3v) is 7.36. The van der Waals surface area contributed by atoms with Gasteiger partial charge in [0.25, 0.3) is 11.5 Å². The van der Waals surface area contributed by atoms with E-state index < -0.39 is 17.3 Å². The third-order valence-electron chi connectivity index (χ3n) is 5.98. The zero-order valence-corrected chi connectivity index (χ0v) is 22.2. The molecule has 0 aliphatic carbocycles. The predicted molar refractivity (Wildman–Crippen MR) is 140 cm³/mol. The number of alkyl halides is 3. The lowest BCUT2D eigenvalue weighted by molar-refractivity contribution is -0.671. The second-order valence-electron chi connectivity index (χ2n) is 8.69. The van der Waals surface area contributed by atoms with Crippen LogP contribution in [-0.2, 0) is 12.7 Å². The summed E-state index contributed by atoms with van der Waals surface area (Å²) in [5.74, 6) is -0.281. The van der Waals surface area contributed by atoms with Gasteiger partial charge in [0.1, 0.15) is 6.54 Å². The maximum absolute atomic E-state index is 13.7. The van der Waals surface area contributed by atoms with E-state index in [9.17, 15) is 23.1 Å². The van der Waals surface area contributed by atoms with Crippen molar-refractivity contribution in [1.29, 1.82) is 0 Å². The van der Waals surface area contributed by atoms with Gasteiger partial charge in [-0.15, -0.1) is 11.3 Å². The molecule has 194 valence electrons. The van der Waals surface area contributed by atoms with Crippen molar-refractivity contribution in [3.05, 3.63) is 96.4 Å². The van der Waals surface area contributed by atoms with Crippen LogP contribution in [0.2, 0.25) is 9.49 Å². The molecule has 0 saturated heterocycles. The van der Waals surface area contributed by atoms with E-state index in [0.29, 0.717) is 33.0 Å². The van der Waals surface area contributed by atoms with Gasteiger partial charge in [-0.3, -0.25) is 4.98 Å². The summed E-state index contributed by atoms with van der Waals surface area (Å²) in [6, 6.07) is 9.33. The Morgan fingerprint density at radius 2 is 1.82 bits per heavy atom. The average Bonchev–Trinajstić information content (AvgIpc) is 3.25. The molecule has 0 fully saturated rings. The van der Waals surface area contributed by atoms with E-state index >= 15 is 0 Å². The van der Waals surface area contributed by atoms with Crippen LogP contribution in [0.5, 0.6) is 5.88 Å². The molecule has 0 aliphatic heterocycles. The van der Waals surface area contributed by atoms with Crippen molar-refractivity contribution in [3.8, 4) is 28.3 Å². The van der Waals surface area contributed by atoms with E-state index in [2.05, 4.69) is 9.97 Å². The van der Waals surface area contributed by atoms with Crippen molar-refractivity contribution >= 4 is 40.2 Å². The highest BCUT2D eigenvalue weighted by atomic mass is 35.5. The van der Waals surface area contributed by atoms with E-state index in [1.165, 1.54) is 15.7 Å². The van der Waals surface area contributed by atoms with Gasteiger partial charge in [-0.25, -0.2) is 9.78 Å². The second kappa shape index (κ2) is 9.68. The Morgan fingerprint density at radius 1 is 1.08 bits per heavy atom. The quantitative estimate of drug-likeness (QED) is 0.248. The molecule has 0 saturated carbocycles. The van der Waals surface area contributed by atoms with E-state index in [-0.39, 0.29) is 28.7 Å². The molecule has 4 aromatic heterocycles. The van der Waals surface area contributed by atoms with Crippen LogP contribution >= 0.6 is 34.5 Å². The SMILES string of the molecule is Cc1cc(-c2ncc(C(F)(F)F)cc2Cl)cc(-c2c(O)[n+](Cc3cnc(Cl)s3)c3c(C)cccn3c2=O)c1. The van der Waals surface area contributed by atoms with Gasteiger partial charge < -0.3 is 5.11 Å². The van der Waals surface area contributed by atoms with E-state index in [0.717, 1.165) is 16.5 Å². The number of benzene rings is 1. The first-order valence-corrected chi connectivity index (χ1v) is 12.7. The van der Waals surface area contributed by atoms with Crippen molar-refractivity contribution in [2.75, 3.05) is 0 Å². The molecule has 5 aromatic rings. The molecule has 0 atom stereocenters. The van der Waals surface area contributed by atoms with Gasteiger partial charge in [0.2, 0.25) is 0 Å². The number of nitrogens with zero attached hydrogens (tertiary/aromatic N) is 4. The lowest BCUT2D eigenvalue weighted by atomic mass is 9.99. The van der Waals surface area contributed by atoms with Crippen molar-refractivity contribution in [1.82, 2.24) is 14.4 Å². The third kappa shape index (κ3) is 4.75. The summed E-state index contributed by atoms with van der Waals surface area (Å²) in [4.78, 5) is 22.5. The zero-order chi connectivity index (χ0) is 27.4. The number of rotatable bonds is 4. The van der Waals surface area contributed by atoms with Crippen LogP contribution in [0.3, 0.4) is 0 Å². The highest BCUT2D eigenvalue weighted by Gasteiger charge is 2.32. The summed E-state index contributed by atoms with van der Waals surface area (Å²) in [6.07, 6.45) is -0.675. The number of halogens is 5. The molecule has 6 nitrogen and oxygen atoms in total. The van der Waals surface area contributed by atoms with Gasteiger partial charge in [0.05, 0.1) is 27.4 Å². The molecular weight excluding hydrogens is 560 g/mol. The maximum Gasteiger partial charge on any atom is 0.417 e. The second-order valence-corrected chi connectivity index (χ2v) is 10.8. The van der Waals surface area contributed by atoms with E-state index in [1.807, 2.05) is 13.0 Å². The highest BCUT2D eigenvalue weighted by molar-refractivity contribution is 7.15. The van der Waals surface area contributed by atoms with Crippen molar-refractivity contribution in [2.45, 2.75) is 26.6 Å². The maximum atomic E-state index is 13.7. The number of pyridine rings is 2. The average molecular weight is 578 g/mol. The molecule has 1 aromatic carbocycles. The molecular formula is C26H18Cl2F3N4O2S+. The molecule has 4 heterocycles. The molecule has 0 radical (unpaired) electrons. The number of aromatic nitrogens is 4. The van der Waals surface area contributed by atoms with Crippen LogP contribution in [0.4, 0.5) is 13.2 Å². The van der Waals surface area contributed by atoms with Crippen LogP contribution in [0.15, 0.2) is 59.8 Å². The molecule has 12 heteroatoms. The first-order valence-electron chi connectivity index (χ1n) is 11.2. The van der Waals surface area contributed by atoms with Gasteiger partial charge in [-0.1, -0.05) is 29.3 Å². The monoisotopic (exact) mass is 577 g/mol. The summed E-state index contributed by atoms with van der Waals surface area (Å²) in [7, 11) is 0. The van der Waals surface area contributed by atoms with E-state index in [4.69, 9.17) is 23.2 Å². The van der Waals surface area contributed by atoms with Gasteiger partial charge in [0, 0.05) is 23.5 Å². The minimum absolute atomic E-state index is 0.0108. The Labute approximate surface area is 228 Å². The Balaban J connectivity index is 1.74. The van der Waals surface area contributed by atoms with Gasteiger partial charge >= 0.3 is 11.7 Å². The summed E-state index contributed by atoms with van der Waals surface area (Å²) in [5, 5.41) is 11.3. The number of thiazole rings is 1. The zero-order valence-electron chi connectivity index (χ0n) is 19.8. The number of aromatic hydroxyl groups is 1. The van der Waals surface area contributed by atoms with Gasteiger partial charge in [-0.05, 0) is 55.3 Å². The molecule has 1 N–H and O–H groups in total. The lowest BCUT2D eigenvalue weighted by Crippen LogP contribution is -2.41. The molecule has 0 spiro atoms. The topological polar surface area (TPSA) is 71.4 Å². The fourth-order valence-electron chi connectivity index (χ4n) is 4.35. The number of hydrogen-bond acceptors (Lipinski definition) is 5. The Hall–Kier alpha value is -3.47. The summed E-state index contributed by atoms with van der Waals surface area (Å²) >= 11 is 13.5. The van der Waals surface area contributed by atoms with Crippen LogP contribution in [0.25, 0.3) is 28.0 Å². The Bertz CT molecular complexity index is 1780. The van der Waals surface area contributed by atoms with Crippen molar-refractivity contribution in [3.63, 3.8) is 0 Å². The molecule has 38 heavy (non-hydrogen) atoms. The number of fused-ring (bicyclic) bond motifs is 1. The largest absolute Gasteiger partial charge is 0.477 e. The van der Waals surface area contributed by atoms with Crippen LogP contribution in [-0.4, -0.2) is 19.5 Å². The summed E-state index contributed by atoms with van der Waals surface area (Å²) in [5.41, 5.74) is 1.37. The summed E-state index contributed by atoms with van der Waals surface area (Å²) < 4.78 is 42.7. The fourth-order valence-corrected chi connectivity index (χ4v) is 5.59. The first-order chi connectivity index (χ1) is 17.9. The van der Waals surface area contributed by atoms with Crippen LogP contribution in [0.1, 0.15) is 21.6 Å². The van der Waals surface area contributed by atoms with Gasteiger partial charge in [0.15, 0.2) is 10.0 Å². The smallest absolute Gasteiger partial charge is 0.417 e. The van der Waals surface area contributed by atoms with Crippen LogP contribution in [0, 0.1) is 13.8 Å². The molecule has 0 unspecified atom stereocenters. The van der Waals surface area contributed by atoms with Gasteiger partial charge in [-0.2, -0.15) is 22.1 Å². The van der Waals surface area contributed by atoms with Crippen molar-refractivity contribution < 1.29 is 22.8 Å². The molecule has 0 amide bonds. The highest BCUT2D eigenvalue weighted by Crippen LogP contribution is 2.36. The number of hydrogen-bond donors (Lipinski definition) is 1. The predicted octanol–water partition coefficient (Wildman–Crippen LogP) is 6.47.